The van der Waals surface area contributed by atoms with Gasteiger partial charge in [-0.3, -0.25) is 13.9 Å². The lowest BCUT2D eigenvalue weighted by Crippen LogP contribution is -2.44. The normalized spacial score (nSPS) is 14.9. The van der Waals surface area contributed by atoms with Gasteiger partial charge in [0.1, 0.15) is 17.3 Å². The fourth-order valence-electron chi connectivity index (χ4n) is 3.95. The summed E-state index contributed by atoms with van der Waals surface area (Å²) in [6, 6.07) is 12.2. The quantitative estimate of drug-likeness (QED) is 0.415. The van der Waals surface area contributed by atoms with Crippen LogP contribution in [0.1, 0.15) is 12.0 Å². The monoisotopic (exact) mass is 525 g/mol. The van der Waals surface area contributed by atoms with Crippen molar-refractivity contribution in [3.05, 3.63) is 80.0 Å². The highest BCUT2D eigenvalue weighted by molar-refractivity contribution is 6.30. The molecule has 1 aliphatic rings. The number of benzene rings is 2. The highest BCUT2D eigenvalue weighted by Crippen LogP contribution is 2.33. The summed E-state index contributed by atoms with van der Waals surface area (Å²) < 4.78 is 44.4. The van der Waals surface area contributed by atoms with E-state index in [1.54, 1.807) is 35.2 Å². The van der Waals surface area contributed by atoms with Gasteiger partial charge >= 0.3 is 12.1 Å². The molecule has 0 bridgehead atoms. The van der Waals surface area contributed by atoms with Crippen molar-refractivity contribution in [1.29, 1.82) is 0 Å². The van der Waals surface area contributed by atoms with Crippen LogP contribution in [0.3, 0.4) is 0 Å². The number of aliphatic hydroxyl groups is 1. The smallest absolute Gasteiger partial charge is 0.406 e. The first kappa shape index (κ1) is 25.5. The Morgan fingerprint density at radius 1 is 1.17 bits per heavy atom. The molecule has 1 aromatic heterocycles. The maximum atomic E-state index is 13.4. The van der Waals surface area contributed by atoms with Crippen molar-refractivity contribution in [2.75, 3.05) is 22.1 Å². The lowest BCUT2D eigenvalue weighted by atomic mass is 10.2. The van der Waals surface area contributed by atoms with Gasteiger partial charge in [0.05, 0.1) is 0 Å². The summed E-state index contributed by atoms with van der Waals surface area (Å²) in [5.41, 5.74) is 0.165. The largest absolute Gasteiger partial charge is 0.573 e. The minimum Gasteiger partial charge on any atom is -0.406 e. The van der Waals surface area contributed by atoms with Gasteiger partial charge in [-0.15, -0.1) is 13.2 Å². The van der Waals surface area contributed by atoms with Crippen LogP contribution in [0.15, 0.2) is 58.1 Å². The van der Waals surface area contributed by atoms with Gasteiger partial charge in [0.2, 0.25) is 0 Å². The number of aliphatic hydroxyl groups excluding tert-OH is 1. The molecule has 0 amide bonds. The van der Waals surface area contributed by atoms with Crippen LogP contribution in [0.5, 0.6) is 5.75 Å². The van der Waals surface area contributed by atoms with Gasteiger partial charge < -0.3 is 25.4 Å². The van der Waals surface area contributed by atoms with E-state index in [9.17, 15) is 27.9 Å². The number of hydrogen-bond acceptors (Lipinski definition) is 7. The third-order valence-electron chi connectivity index (χ3n) is 5.57. The van der Waals surface area contributed by atoms with Gasteiger partial charge in [-0.1, -0.05) is 29.8 Å². The molecule has 4 rings (SSSR count). The number of halogens is 4. The maximum Gasteiger partial charge on any atom is 0.573 e. The van der Waals surface area contributed by atoms with E-state index < -0.39 is 29.7 Å². The molecular weight excluding hydrogens is 503 g/mol. The second-order valence-corrected chi connectivity index (χ2v) is 8.53. The molecular formula is C23H23ClF3N5O4. The molecule has 0 spiro atoms. The molecule has 192 valence electrons. The molecule has 0 fully saturated rings. The Labute approximate surface area is 208 Å². The second kappa shape index (κ2) is 10.2. The molecule has 36 heavy (non-hydrogen) atoms. The van der Waals surface area contributed by atoms with E-state index in [0.29, 0.717) is 5.02 Å². The van der Waals surface area contributed by atoms with Crippen LogP contribution in [0.4, 0.5) is 30.4 Å². The van der Waals surface area contributed by atoms with Crippen molar-refractivity contribution >= 4 is 28.8 Å². The molecule has 2 aromatic carbocycles. The Morgan fingerprint density at radius 2 is 1.89 bits per heavy atom. The summed E-state index contributed by atoms with van der Waals surface area (Å²) in [5.74, 6) is -0.162. The third kappa shape index (κ3) is 5.44. The molecule has 0 aliphatic carbocycles. The average Bonchev–Trinajstić information content (AvgIpc) is 3.16. The Bertz CT molecular complexity index is 1360. The van der Waals surface area contributed by atoms with E-state index in [-0.39, 0.29) is 43.3 Å². The second-order valence-electron chi connectivity index (χ2n) is 8.09. The SMILES string of the molecule is Cn1c2c(c(=O)n(CCCO)c1=O)N(Cc1ccc(Cl)cc1)C(Nc1cccc(OC(F)(F)F)c1)N2. The molecule has 1 aliphatic heterocycles. The first-order valence-electron chi connectivity index (χ1n) is 10.9. The van der Waals surface area contributed by atoms with Crippen molar-refractivity contribution < 1.29 is 23.0 Å². The summed E-state index contributed by atoms with van der Waals surface area (Å²) in [7, 11) is 1.50. The molecule has 2 heterocycles. The Balaban J connectivity index is 1.74. The Kier molecular flexibility index (Phi) is 7.18. The predicted molar refractivity (Wildman–Crippen MR) is 129 cm³/mol. The molecule has 3 aromatic rings. The van der Waals surface area contributed by atoms with Crippen LogP contribution in [-0.4, -0.2) is 33.5 Å². The summed E-state index contributed by atoms with van der Waals surface area (Å²) in [4.78, 5) is 27.9. The molecule has 9 nitrogen and oxygen atoms in total. The van der Waals surface area contributed by atoms with E-state index in [1.165, 1.54) is 29.8 Å². The number of fused-ring (bicyclic) bond motifs is 1. The zero-order valence-corrected chi connectivity index (χ0v) is 19.8. The topological polar surface area (TPSA) is 101 Å². The van der Waals surface area contributed by atoms with Gasteiger partial charge in [-0.05, 0) is 36.2 Å². The number of alkyl halides is 3. The van der Waals surface area contributed by atoms with Gasteiger partial charge in [-0.25, -0.2) is 4.79 Å². The van der Waals surface area contributed by atoms with Crippen LogP contribution in [0, 0.1) is 0 Å². The van der Waals surface area contributed by atoms with E-state index in [2.05, 4.69) is 15.4 Å². The number of rotatable bonds is 8. The summed E-state index contributed by atoms with van der Waals surface area (Å²) in [6.45, 7) is 0.0416. The fraction of sp³-hybridized carbons (Fsp3) is 0.304. The summed E-state index contributed by atoms with van der Waals surface area (Å²) in [5, 5.41) is 15.9. The highest BCUT2D eigenvalue weighted by Gasteiger charge is 2.35. The van der Waals surface area contributed by atoms with E-state index in [4.69, 9.17) is 11.6 Å². The van der Waals surface area contributed by atoms with E-state index in [1.807, 2.05) is 0 Å². The van der Waals surface area contributed by atoms with Gasteiger partial charge in [0.25, 0.3) is 5.56 Å². The fourth-order valence-corrected chi connectivity index (χ4v) is 4.08. The maximum absolute atomic E-state index is 13.4. The summed E-state index contributed by atoms with van der Waals surface area (Å²) in [6.07, 6.45) is -5.44. The van der Waals surface area contributed by atoms with E-state index >= 15 is 0 Å². The van der Waals surface area contributed by atoms with Crippen molar-refractivity contribution in [2.24, 2.45) is 7.05 Å². The average molecular weight is 526 g/mol. The minimum atomic E-state index is -4.85. The van der Waals surface area contributed by atoms with Crippen LogP contribution in [-0.2, 0) is 20.1 Å². The number of ether oxygens (including phenoxy) is 1. The molecule has 1 atom stereocenters. The van der Waals surface area contributed by atoms with Crippen LogP contribution in [0.25, 0.3) is 0 Å². The van der Waals surface area contributed by atoms with Crippen molar-refractivity contribution in [2.45, 2.75) is 32.2 Å². The number of nitrogens with one attached hydrogen (secondary N) is 2. The van der Waals surface area contributed by atoms with Gasteiger partial charge in [-0.2, -0.15) is 0 Å². The molecule has 0 saturated carbocycles. The van der Waals surface area contributed by atoms with Crippen molar-refractivity contribution in [3.63, 3.8) is 0 Å². The van der Waals surface area contributed by atoms with E-state index in [0.717, 1.165) is 10.1 Å². The first-order valence-corrected chi connectivity index (χ1v) is 11.3. The van der Waals surface area contributed by atoms with Crippen LogP contribution in [0.2, 0.25) is 5.02 Å². The number of nitrogens with zero attached hydrogens (tertiary/aromatic N) is 3. The lowest BCUT2D eigenvalue weighted by Gasteiger charge is -2.28. The zero-order valence-electron chi connectivity index (χ0n) is 19.1. The van der Waals surface area contributed by atoms with Gasteiger partial charge in [0.15, 0.2) is 6.29 Å². The molecule has 0 saturated heterocycles. The Morgan fingerprint density at radius 3 is 2.56 bits per heavy atom. The first-order chi connectivity index (χ1) is 17.1. The van der Waals surface area contributed by atoms with Crippen LogP contribution >= 0.6 is 11.6 Å². The molecule has 1 unspecified atom stereocenters. The molecule has 13 heteroatoms. The zero-order chi connectivity index (χ0) is 26.0. The van der Waals surface area contributed by atoms with Crippen molar-refractivity contribution in [1.82, 2.24) is 9.13 Å². The van der Waals surface area contributed by atoms with Crippen LogP contribution < -0.4 is 31.5 Å². The van der Waals surface area contributed by atoms with Crippen molar-refractivity contribution in [3.8, 4) is 5.75 Å². The molecule has 0 radical (unpaired) electrons. The number of aromatic nitrogens is 2. The minimum absolute atomic E-state index is 0.0268. The highest BCUT2D eigenvalue weighted by atomic mass is 35.5. The third-order valence-corrected chi connectivity index (χ3v) is 5.83. The lowest BCUT2D eigenvalue weighted by molar-refractivity contribution is -0.274. The Hall–Kier alpha value is -3.64. The standard InChI is InChI=1S/C23H23ClF3N5O4/c1-30-19-18(20(34)31(22(30)35)10-3-11-33)32(13-14-6-8-15(24)9-7-14)21(29-19)28-16-4-2-5-17(12-16)36-23(25,26)27/h2,4-9,12,21,28-29,33H,3,10-11,13H2,1H3. The molecule has 3 N–H and O–H groups in total. The number of anilines is 3. The predicted octanol–water partition coefficient (Wildman–Crippen LogP) is 3.31. The number of hydrogen-bond donors (Lipinski definition) is 3. The summed E-state index contributed by atoms with van der Waals surface area (Å²) >= 11 is 6.00. The van der Waals surface area contributed by atoms with Gasteiger partial charge in [0, 0.05) is 43.5 Å².